The second-order valence-corrected chi connectivity index (χ2v) is 8.71. The zero-order chi connectivity index (χ0) is 24.9. The maximum Gasteiger partial charge on any atom is 0.419 e. The number of alkyl halides is 3. The van der Waals surface area contributed by atoms with Gasteiger partial charge in [-0.1, -0.05) is 15.9 Å². The summed E-state index contributed by atoms with van der Waals surface area (Å²) in [5.41, 5.74) is 1.88. The van der Waals surface area contributed by atoms with Crippen molar-refractivity contribution in [3.63, 3.8) is 0 Å². The molecule has 13 heteroatoms. The van der Waals surface area contributed by atoms with E-state index in [9.17, 15) is 13.2 Å². The maximum atomic E-state index is 13.7. The van der Waals surface area contributed by atoms with E-state index in [1.165, 1.54) is 12.1 Å². The number of pyridine rings is 1. The molecule has 5 rings (SSSR count). The Hall–Kier alpha value is -3.74. The summed E-state index contributed by atoms with van der Waals surface area (Å²) in [5, 5.41) is 15.7. The molecule has 0 unspecified atom stereocenters. The molecule has 0 aliphatic rings. The van der Waals surface area contributed by atoms with E-state index in [1.54, 1.807) is 34.9 Å². The van der Waals surface area contributed by atoms with Crippen molar-refractivity contribution in [2.24, 2.45) is 14.1 Å². The molecule has 4 heterocycles. The lowest BCUT2D eigenvalue weighted by Gasteiger charge is -2.11. The van der Waals surface area contributed by atoms with Gasteiger partial charge in [0.05, 0.1) is 34.1 Å². The third-order valence-electron chi connectivity index (χ3n) is 5.48. The standard InChI is InChI=1S/C22H19BrF3N9/c1-4-27-16-8-11(19-12(9-29-35(19)3)21-33-28-10-34(21)2)7-15(30-16)20-31-14-6-5-13(23)17(18(14)32-20)22(24,25)26/h5-10H,4H2,1-3H3,(H,27,30)(H,31,32). The number of aryl methyl sites for hydroxylation is 2. The number of halogens is 4. The number of hydrogen-bond donors (Lipinski definition) is 2. The van der Waals surface area contributed by atoms with Gasteiger partial charge in [-0.05, 0) is 31.2 Å². The number of aromatic nitrogens is 8. The van der Waals surface area contributed by atoms with E-state index in [0.717, 1.165) is 16.8 Å². The smallest absolute Gasteiger partial charge is 0.370 e. The average molecular weight is 546 g/mol. The molecule has 9 nitrogen and oxygen atoms in total. The SMILES string of the molecule is CCNc1cc(-c2c(-c3nncn3C)cnn2C)cc(-c2nc3ccc(Br)c(C(F)(F)F)c3[nH]2)n1. The van der Waals surface area contributed by atoms with Crippen LogP contribution >= 0.6 is 15.9 Å². The summed E-state index contributed by atoms with van der Waals surface area (Å²) in [6.07, 6.45) is -1.27. The van der Waals surface area contributed by atoms with E-state index >= 15 is 0 Å². The van der Waals surface area contributed by atoms with Crippen molar-refractivity contribution in [3.05, 3.63) is 46.8 Å². The Kier molecular flexibility index (Phi) is 5.58. The van der Waals surface area contributed by atoms with Crippen LogP contribution < -0.4 is 5.32 Å². The number of benzene rings is 1. The van der Waals surface area contributed by atoms with Gasteiger partial charge in [-0.15, -0.1) is 10.2 Å². The Bertz CT molecular complexity index is 1550. The molecular weight excluding hydrogens is 527 g/mol. The molecule has 0 amide bonds. The van der Waals surface area contributed by atoms with Crippen LogP contribution in [0.3, 0.4) is 0 Å². The van der Waals surface area contributed by atoms with Crippen molar-refractivity contribution in [2.45, 2.75) is 13.1 Å². The highest BCUT2D eigenvalue weighted by molar-refractivity contribution is 9.10. The van der Waals surface area contributed by atoms with E-state index in [0.29, 0.717) is 23.9 Å². The van der Waals surface area contributed by atoms with E-state index in [1.807, 2.05) is 20.0 Å². The molecule has 4 aromatic heterocycles. The van der Waals surface area contributed by atoms with Crippen LogP contribution in [0.1, 0.15) is 12.5 Å². The summed E-state index contributed by atoms with van der Waals surface area (Å²) in [6, 6.07) is 6.48. The number of aromatic amines is 1. The summed E-state index contributed by atoms with van der Waals surface area (Å²) in [4.78, 5) is 11.8. The lowest BCUT2D eigenvalue weighted by atomic mass is 10.1. The lowest BCUT2D eigenvalue weighted by Crippen LogP contribution is -2.07. The molecule has 0 spiro atoms. The van der Waals surface area contributed by atoms with Crippen LogP contribution in [-0.2, 0) is 20.3 Å². The maximum absolute atomic E-state index is 13.7. The van der Waals surface area contributed by atoms with Gasteiger partial charge in [0.15, 0.2) is 11.6 Å². The lowest BCUT2D eigenvalue weighted by molar-refractivity contribution is -0.137. The van der Waals surface area contributed by atoms with Gasteiger partial charge in [-0.3, -0.25) is 4.68 Å². The van der Waals surface area contributed by atoms with Gasteiger partial charge >= 0.3 is 6.18 Å². The van der Waals surface area contributed by atoms with Crippen LogP contribution in [0.4, 0.5) is 19.0 Å². The first kappa shape index (κ1) is 23.0. The third-order valence-corrected chi connectivity index (χ3v) is 6.14. The van der Waals surface area contributed by atoms with Crippen LogP contribution in [0.2, 0.25) is 0 Å². The van der Waals surface area contributed by atoms with Gasteiger partial charge < -0.3 is 14.9 Å². The molecule has 0 radical (unpaired) electrons. The molecule has 0 atom stereocenters. The molecule has 0 fully saturated rings. The number of fused-ring (bicyclic) bond motifs is 1. The molecule has 0 saturated carbocycles. The largest absolute Gasteiger partial charge is 0.419 e. The van der Waals surface area contributed by atoms with E-state index in [2.05, 4.69) is 51.5 Å². The fraction of sp³-hybridized carbons (Fsp3) is 0.227. The first-order valence-corrected chi connectivity index (χ1v) is 11.3. The van der Waals surface area contributed by atoms with Gasteiger partial charge in [-0.25, -0.2) is 9.97 Å². The number of rotatable bonds is 5. The summed E-state index contributed by atoms with van der Waals surface area (Å²) in [6.45, 7) is 2.53. The second-order valence-electron chi connectivity index (χ2n) is 7.85. The molecule has 2 N–H and O–H groups in total. The Morgan fingerprint density at radius 2 is 1.94 bits per heavy atom. The fourth-order valence-corrected chi connectivity index (χ4v) is 4.54. The fourth-order valence-electron chi connectivity index (χ4n) is 3.98. The predicted octanol–water partition coefficient (Wildman–Crippen LogP) is 5.03. The number of hydrogen-bond acceptors (Lipinski definition) is 6. The molecule has 0 saturated heterocycles. The van der Waals surface area contributed by atoms with Gasteiger partial charge in [0.1, 0.15) is 17.8 Å². The molecule has 180 valence electrons. The van der Waals surface area contributed by atoms with E-state index in [-0.39, 0.29) is 21.3 Å². The van der Waals surface area contributed by atoms with Crippen molar-refractivity contribution in [1.29, 1.82) is 0 Å². The zero-order valence-corrected chi connectivity index (χ0v) is 20.4. The molecular formula is C22H19BrF3N9. The van der Waals surface area contributed by atoms with Gasteiger partial charge in [0, 0.05) is 30.7 Å². The van der Waals surface area contributed by atoms with Gasteiger partial charge in [0.25, 0.3) is 0 Å². The highest BCUT2D eigenvalue weighted by Crippen LogP contribution is 2.40. The normalized spacial score (nSPS) is 12.0. The van der Waals surface area contributed by atoms with Crippen LogP contribution in [0.25, 0.3) is 45.2 Å². The number of nitrogens with one attached hydrogen (secondary N) is 2. The highest BCUT2D eigenvalue weighted by Gasteiger charge is 2.36. The third kappa shape index (κ3) is 4.05. The number of anilines is 1. The van der Waals surface area contributed by atoms with Crippen molar-refractivity contribution < 1.29 is 13.2 Å². The minimum Gasteiger partial charge on any atom is -0.370 e. The summed E-state index contributed by atoms with van der Waals surface area (Å²) < 4.78 is 44.6. The molecule has 5 aromatic rings. The van der Waals surface area contributed by atoms with Crippen molar-refractivity contribution >= 4 is 32.8 Å². The Balaban J connectivity index is 1.71. The number of H-pyrrole nitrogens is 1. The Labute approximate surface area is 205 Å². The average Bonchev–Trinajstić information content (AvgIpc) is 3.50. The van der Waals surface area contributed by atoms with Crippen molar-refractivity contribution in [1.82, 2.24) is 39.5 Å². The first-order valence-electron chi connectivity index (χ1n) is 10.6. The minimum atomic E-state index is -4.56. The van der Waals surface area contributed by atoms with Crippen LogP contribution in [-0.4, -0.2) is 46.0 Å². The number of nitrogens with zero attached hydrogens (tertiary/aromatic N) is 7. The van der Waals surface area contributed by atoms with E-state index in [4.69, 9.17) is 0 Å². The number of imidazole rings is 1. The predicted molar refractivity (Wildman–Crippen MR) is 128 cm³/mol. The Morgan fingerprint density at radius 3 is 2.63 bits per heavy atom. The molecule has 0 aliphatic carbocycles. The van der Waals surface area contributed by atoms with Crippen LogP contribution in [0.15, 0.2) is 41.3 Å². The molecule has 1 aromatic carbocycles. The molecule has 0 bridgehead atoms. The summed E-state index contributed by atoms with van der Waals surface area (Å²) in [5.74, 6) is 1.38. The topological polar surface area (TPSA) is 102 Å². The molecule has 35 heavy (non-hydrogen) atoms. The monoisotopic (exact) mass is 545 g/mol. The minimum absolute atomic E-state index is 0.0639. The quantitative estimate of drug-likeness (QED) is 0.321. The zero-order valence-electron chi connectivity index (χ0n) is 18.8. The first-order chi connectivity index (χ1) is 16.7. The van der Waals surface area contributed by atoms with Gasteiger partial charge in [-0.2, -0.15) is 18.3 Å². The van der Waals surface area contributed by atoms with Crippen molar-refractivity contribution in [3.8, 4) is 34.2 Å². The van der Waals surface area contributed by atoms with Gasteiger partial charge in [0.2, 0.25) is 0 Å². The van der Waals surface area contributed by atoms with Crippen molar-refractivity contribution in [2.75, 3.05) is 11.9 Å². The van der Waals surface area contributed by atoms with Crippen LogP contribution in [0.5, 0.6) is 0 Å². The summed E-state index contributed by atoms with van der Waals surface area (Å²) >= 11 is 3.01. The van der Waals surface area contributed by atoms with E-state index < -0.39 is 11.7 Å². The highest BCUT2D eigenvalue weighted by atomic mass is 79.9. The van der Waals surface area contributed by atoms with Crippen LogP contribution in [0, 0.1) is 0 Å². The Morgan fingerprint density at radius 1 is 1.14 bits per heavy atom. The summed E-state index contributed by atoms with van der Waals surface area (Å²) in [7, 11) is 3.63. The second kappa shape index (κ2) is 8.48. The molecule has 0 aliphatic heterocycles.